The van der Waals surface area contributed by atoms with Gasteiger partial charge >= 0.3 is 6.18 Å². The molecule has 1 heterocycles. The van der Waals surface area contributed by atoms with E-state index in [1.54, 1.807) is 4.90 Å². The number of hydrogen-bond donors (Lipinski definition) is 0. The van der Waals surface area contributed by atoms with E-state index in [9.17, 15) is 18.0 Å². The third kappa shape index (κ3) is 3.89. The number of halogens is 4. The van der Waals surface area contributed by atoms with Gasteiger partial charge in [0.2, 0.25) is 5.91 Å². The summed E-state index contributed by atoms with van der Waals surface area (Å²) in [6, 6.07) is 0. The van der Waals surface area contributed by atoms with Crippen LogP contribution in [-0.2, 0) is 4.79 Å². The van der Waals surface area contributed by atoms with Crippen molar-refractivity contribution in [3.8, 4) is 0 Å². The van der Waals surface area contributed by atoms with Crippen molar-refractivity contribution in [3.63, 3.8) is 0 Å². The van der Waals surface area contributed by atoms with Crippen LogP contribution in [0.25, 0.3) is 0 Å². The molecule has 1 saturated heterocycles. The zero-order chi connectivity index (χ0) is 14.8. The lowest BCUT2D eigenvalue weighted by Gasteiger charge is -2.37. The Balaban J connectivity index is 1.94. The summed E-state index contributed by atoms with van der Waals surface area (Å²) in [5.74, 6) is -1.33. The normalized spacial score (nSPS) is 32.2. The molecule has 2 nitrogen and oxygen atoms in total. The fourth-order valence-electron chi connectivity index (χ4n) is 3.36. The van der Waals surface area contributed by atoms with Crippen molar-refractivity contribution in [1.29, 1.82) is 0 Å². The summed E-state index contributed by atoms with van der Waals surface area (Å²) in [5.41, 5.74) is 0. The summed E-state index contributed by atoms with van der Waals surface area (Å²) in [5, 5.41) is 0.854. The zero-order valence-electron chi connectivity index (χ0n) is 11.5. The summed E-state index contributed by atoms with van der Waals surface area (Å²) in [7, 11) is 0. The van der Waals surface area contributed by atoms with E-state index in [0.29, 0.717) is 31.8 Å². The first-order chi connectivity index (χ1) is 9.41. The van der Waals surface area contributed by atoms with Crippen LogP contribution < -0.4 is 0 Å². The van der Waals surface area contributed by atoms with E-state index in [1.807, 2.05) is 0 Å². The van der Waals surface area contributed by atoms with Crippen LogP contribution in [0.5, 0.6) is 0 Å². The molecule has 20 heavy (non-hydrogen) atoms. The van der Waals surface area contributed by atoms with Gasteiger partial charge in [0.1, 0.15) is 0 Å². The molecule has 6 heteroatoms. The van der Waals surface area contributed by atoms with Crippen molar-refractivity contribution in [3.05, 3.63) is 0 Å². The predicted molar refractivity (Wildman–Crippen MR) is 74.6 cm³/mol. The summed E-state index contributed by atoms with van der Waals surface area (Å²) in [6.45, 7) is 1.40. The van der Waals surface area contributed by atoms with Gasteiger partial charge in [-0.3, -0.25) is 4.79 Å². The van der Waals surface area contributed by atoms with E-state index in [-0.39, 0.29) is 18.7 Å². The average Bonchev–Trinajstić information content (AvgIpc) is 2.46. The monoisotopic (exact) mass is 355 g/mol. The molecule has 0 radical (unpaired) electrons. The maximum Gasteiger partial charge on any atom is 0.391 e. The van der Waals surface area contributed by atoms with Crippen molar-refractivity contribution in [2.24, 2.45) is 17.8 Å². The number of carbonyl (C=O) groups excluding carboxylic acids is 1. The molecule has 0 spiro atoms. The van der Waals surface area contributed by atoms with Crippen LogP contribution in [0.2, 0.25) is 0 Å². The van der Waals surface area contributed by atoms with Gasteiger partial charge in [0.05, 0.1) is 5.92 Å². The van der Waals surface area contributed by atoms with Gasteiger partial charge in [-0.25, -0.2) is 0 Å². The summed E-state index contributed by atoms with van der Waals surface area (Å²) >= 11 is 3.43. The Morgan fingerprint density at radius 1 is 1.20 bits per heavy atom. The quantitative estimate of drug-likeness (QED) is 0.686. The zero-order valence-corrected chi connectivity index (χ0v) is 13.0. The van der Waals surface area contributed by atoms with E-state index >= 15 is 0 Å². The molecular formula is C14H21BrF3NO. The molecule has 0 aromatic heterocycles. The first kappa shape index (κ1) is 16.1. The molecule has 0 bridgehead atoms. The Morgan fingerprint density at radius 2 is 1.95 bits per heavy atom. The SMILES string of the molecule is O=C(C1CCCC(C(F)(F)F)C1)N1CCCC(CBr)C1. The molecule has 1 saturated carbocycles. The first-order valence-corrected chi connectivity index (χ1v) is 8.45. The third-order valence-corrected chi connectivity index (χ3v) is 5.45. The molecule has 0 aromatic rings. The Labute approximate surface area is 126 Å². The van der Waals surface area contributed by atoms with Crippen LogP contribution in [0.15, 0.2) is 0 Å². The van der Waals surface area contributed by atoms with Crippen LogP contribution in [0.1, 0.15) is 38.5 Å². The molecule has 2 aliphatic rings. The van der Waals surface area contributed by atoms with Crippen molar-refractivity contribution in [2.45, 2.75) is 44.7 Å². The molecule has 2 rings (SSSR count). The third-order valence-electron chi connectivity index (χ3n) is 4.54. The second-order valence-electron chi connectivity index (χ2n) is 6.05. The summed E-state index contributed by atoms with van der Waals surface area (Å²) in [4.78, 5) is 14.2. The molecule has 0 N–H and O–H groups in total. The van der Waals surface area contributed by atoms with Gasteiger partial charge in [-0.05, 0) is 38.0 Å². The van der Waals surface area contributed by atoms with Gasteiger partial charge in [-0.1, -0.05) is 22.4 Å². The Hall–Kier alpha value is -0.260. The first-order valence-electron chi connectivity index (χ1n) is 7.33. The highest BCUT2D eigenvalue weighted by Gasteiger charge is 2.44. The highest BCUT2D eigenvalue weighted by molar-refractivity contribution is 9.09. The summed E-state index contributed by atoms with van der Waals surface area (Å²) in [6.07, 6.45) is -0.826. The molecule has 116 valence electrons. The van der Waals surface area contributed by atoms with Crippen molar-refractivity contribution in [1.82, 2.24) is 4.90 Å². The maximum atomic E-state index is 12.8. The molecule has 1 aliphatic heterocycles. The fraction of sp³-hybridized carbons (Fsp3) is 0.929. The van der Waals surface area contributed by atoms with Crippen LogP contribution >= 0.6 is 15.9 Å². The number of amides is 1. The van der Waals surface area contributed by atoms with Crippen molar-refractivity contribution >= 4 is 21.8 Å². The number of hydrogen-bond acceptors (Lipinski definition) is 1. The number of likely N-dealkylation sites (tertiary alicyclic amines) is 1. The Kier molecular flexibility index (Phi) is 5.37. The fourth-order valence-corrected chi connectivity index (χ4v) is 3.89. The standard InChI is InChI=1S/C14H21BrF3NO/c15-8-10-3-2-6-19(9-10)13(20)11-4-1-5-12(7-11)14(16,17)18/h10-12H,1-9H2. The summed E-state index contributed by atoms with van der Waals surface area (Å²) < 4.78 is 38.4. The van der Waals surface area contributed by atoms with E-state index in [0.717, 1.165) is 18.2 Å². The van der Waals surface area contributed by atoms with Gasteiger partial charge in [-0.15, -0.1) is 0 Å². The van der Waals surface area contributed by atoms with Gasteiger partial charge in [-0.2, -0.15) is 13.2 Å². The van der Waals surface area contributed by atoms with Crippen molar-refractivity contribution < 1.29 is 18.0 Å². The number of nitrogens with zero attached hydrogens (tertiary/aromatic N) is 1. The van der Waals surface area contributed by atoms with Gasteiger partial charge in [0, 0.05) is 24.3 Å². The highest BCUT2D eigenvalue weighted by Crippen LogP contribution is 2.40. The van der Waals surface area contributed by atoms with Gasteiger partial charge in [0.25, 0.3) is 0 Å². The minimum absolute atomic E-state index is 0.0161. The van der Waals surface area contributed by atoms with E-state index in [4.69, 9.17) is 0 Å². The van der Waals surface area contributed by atoms with Gasteiger partial charge in [0.15, 0.2) is 0 Å². The minimum atomic E-state index is -4.15. The van der Waals surface area contributed by atoms with Gasteiger partial charge < -0.3 is 4.90 Å². The van der Waals surface area contributed by atoms with Crippen molar-refractivity contribution in [2.75, 3.05) is 18.4 Å². The molecule has 3 atom stereocenters. The van der Waals surface area contributed by atoms with Crippen LogP contribution in [-0.4, -0.2) is 35.4 Å². The van der Waals surface area contributed by atoms with E-state index < -0.39 is 18.0 Å². The largest absolute Gasteiger partial charge is 0.391 e. The maximum absolute atomic E-state index is 12.8. The van der Waals surface area contributed by atoms with Crippen LogP contribution in [0.4, 0.5) is 13.2 Å². The molecule has 0 aromatic carbocycles. The predicted octanol–water partition coefficient (Wildman–Crippen LogP) is 3.99. The molecular weight excluding hydrogens is 335 g/mol. The molecule has 2 fully saturated rings. The van der Waals surface area contributed by atoms with E-state index in [2.05, 4.69) is 15.9 Å². The lowest BCUT2D eigenvalue weighted by atomic mass is 9.80. The number of piperidine rings is 1. The smallest absolute Gasteiger partial charge is 0.342 e. The second-order valence-corrected chi connectivity index (χ2v) is 6.70. The van der Waals surface area contributed by atoms with Crippen LogP contribution in [0.3, 0.4) is 0 Å². The van der Waals surface area contributed by atoms with E-state index in [1.165, 1.54) is 0 Å². The lowest BCUT2D eigenvalue weighted by molar-refractivity contribution is -0.187. The minimum Gasteiger partial charge on any atom is -0.342 e. The number of carbonyl (C=O) groups is 1. The molecule has 1 aliphatic carbocycles. The number of rotatable bonds is 2. The Morgan fingerprint density at radius 3 is 2.60 bits per heavy atom. The highest BCUT2D eigenvalue weighted by atomic mass is 79.9. The Bertz CT molecular complexity index is 348. The topological polar surface area (TPSA) is 20.3 Å². The lowest BCUT2D eigenvalue weighted by Crippen LogP contribution is -2.45. The average molecular weight is 356 g/mol. The number of alkyl halides is 4. The molecule has 1 amide bonds. The van der Waals surface area contributed by atoms with Crippen LogP contribution in [0, 0.1) is 17.8 Å². The second kappa shape index (κ2) is 6.67. The molecule has 3 unspecified atom stereocenters.